The summed E-state index contributed by atoms with van der Waals surface area (Å²) in [6.07, 6.45) is 1.76. The van der Waals surface area contributed by atoms with Crippen LogP contribution >= 0.6 is 0 Å². The Kier molecular flexibility index (Phi) is 3.18. The lowest BCUT2D eigenvalue weighted by Gasteiger charge is -2.19. The Bertz CT molecular complexity index is 537. The minimum atomic E-state index is -0.803. The first-order valence-corrected chi connectivity index (χ1v) is 5.32. The summed E-state index contributed by atoms with van der Waals surface area (Å²) < 4.78 is 0. The van der Waals surface area contributed by atoms with Crippen LogP contribution in [-0.4, -0.2) is 34.9 Å². The minimum absolute atomic E-state index is 0.104. The van der Waals surface area contributed by atoms with Crippen LogP contribution in [0.1, 0.15) is 6.42 Å². The Morgan fingerprint density at radius 1 is 1.41 bits per heavy atom. The van der Waals surface area contributed by atoms with Crippen LogP contribution in [0.2, 0.25) is 0 Å². The molecule has 0 fully saturated rings. The highest BCUT2D eigenvalue weighted by Crippen LogP contribution is 2.22. The second-order valence-corrected chi connectivity index (χ2v) is 3.81. The Morgan fingerprint density at radius 2 is 2.18 bits per heavy atom. The van der Waals surface area contributed by atoms with Gasteiger partial charge in [0.1, 0.15) is 0 Å². The van der Waals surface area contributed by atoms with Gasteiger partial charge in [0.05, 0.1) is 23.8 Å². The molecule has 0 amide bonds. The highest BCUT2D eigenvalue weighted by molar-refractivity contribution is 5.90. The Morgan fingerprint density at radius 3 is 2.94 bits per heavy atom. The summed E-state index contributed by atoms with van der Waals surface area (Å²) in [5, 5.41) is 17.6. The van der Waals surface area contributed by atoms with E-state index in [1.807, 2.05) is 36.2 Å². The predicted molar refractivity (Wildman–Crippen MR) is 65.1 cm³/mol. The van der Waals surface area contributed by atoms with E-state index in [4.69, 9.17) is 5.11 Å². The van der Waals surface area contributed by atoms with Crippen molar-refractivity contribution in [3.8, 4) is 0 Å². The quantitative estimate of drug-likeness (QED) is 0.864. The van der Waals surface area contributed by atoms with Crippen LogP contribution < -0.4 is 4.90 Å². The normalized spacial score (nSPS) is 10.4. The number of carboxylic acids is 1. The first kappa shape index (κ1) is 11.3. The number of aromatic nitrogens is 2. The zero-order valence-electron chi connectivity index (χ0n) is 9.50. The smallest absolute Gasteiger partial charge is 0.305 e. The second-order valence-electron chi connectivity index (χ2n) is 3.81. The molecular weight excluding hydrogens is 218 g/mol. The molecule has 17 heavy (non-hydrogen) atoms. The zero-order valence-corrected chi connectivity index (χ0v) is 9.50. The molecule has 0 radical (unpaired) electrons. The summed E-state index contributed by atoms with van der Waals surface area (Å²) in [5.41, 5.74) is 1.71. The molecule has 0 aliphatic carbocycles. The standard InChI is InChI=1S/C12H13N3O2/c1-15(7-6-12(16)17)11-8-13-14-10-5-3-2-4-9(10)11/h2-5,8H,6-7H2,1H3,(H,16,17). The van der Waals surface area contributed by atoms with Crippen LogP contribution in [0.5, 0.6) is 0 Å². The average Bonchev–Trinajstić information content (AvgIpc) is 2.35. The van der Waals surface area contributed by atoms with Gasteiger partial charge in [-0.15, -0.1) is 0 Å². The third kappa shape index (κ3) is 2.50. The van der Waals surface area contributed by atoms with Gasteiger partial charge >= 0.3 is 5.97 Å². The fourth-order valence-electron chi connectivity index (χ4n) is 1.68. The monoisotopic (exact) mass is 231 g/mol. The lowest BCUT2D eigenvalue weighted by atomic mass is 10.2. The van der Waals surface area contributed by atoms with Gasteiger partial charge in [0.15, 0.2) is 0 Å². The Balaban J connectivity index is 2.31. The lowest BCUT2D eigenvalue weighted by Crippen LogP contribution is -2.21. The van der Waals surface area contributed by atoms with Gasteiger partial charge < -0.3 is 10.0 Å². The molecule has 5 heteroatoms. The highest BCUT2D eigenvalue weighted by atomic mass is 16.4. The van der Waals surface area contributed by atoms with Crippen LogP contribution in [0.25, 0.3) is 10.9 Å². The molecule has 0 saturated carbocycles. The number of aliphatic carboxylic acids is 1. The predicted octanol–water partition coefficient (Wildman–Crippen LogP) is 1.54. The maximum absolute atomic E-state index is 10.5. The van der Waals surface area contributed by atoms with Gasteiger partial charge in [-0.25, -0.2) is 0 Å². The third-order valence-corrected chi connectivity index (χ3v) is 2.60. The molecule has 5 nitrogen and oxygen atoms in total. The maximum atomic E-state index is 10.5. The first-order chi connectivity index (χ1) is 8.18. The molecule has 0 saturated heterocycles. The number of hydrogen-bond donors (Lipinski definition) is 1. The van der Waals surface area contributed by atoms with E-state index >= 15 is 0 Å². The number of rotatable bonds is 4. The van der Waals surface area contributed by atoms with Crippen molar-refractivity contribution in [1.29, 1.82) is 0 Å². The summed E-state index contributed by atoms with van der Waals surface area (Å²) in [6, 6.07) is 7.67. The van der Waals surface area contributed by atoms with Crippen molar-refractivity contribution in [3.63, 3.8) is 0 Å². The SMILES string of the molecule is CN(CCC(=O)O)c1cnnc2ccccc12. The van der Waals surface area contributed by atoms with Crippen LogP contribution in [0.15, 0.2) is 30.5 Å². The fourth-order valence-corrected chi connectivity index (χ4v) is 1.68. The van der Waals surface area contributed by atoms with Gasteiger partial charge in [-0.2, -0.15) is 10.2 Å². The molecule has 0 atom stereocenters. The van der Waals surface area contributed by atoms with Gasteiger partial charge in [0, 0.05) is 19.0 Å². The average molecular weight is 231 g/mol. The van der Waals surface area contributed by atoms with E-state index in [-0.39, 0.29) is 6.42 Å². The molecule has 0 aliphatic heterocycles. The Hall–Kier alpha value is -2.17. The number of benzene rings is 1. The zero-order chi connectivity index (χ0) is 12.3. The van der Waals surface area contributed by atoms with E-state index in [1.165, 1.54) is 0 Å². The van der Waals surface area contributed by atoms with Crippen molar-refractivity contribution in [1.82, 2.24) is 10.2 Å². The van der Waals surface area contributed by atoms with Crippen LogP contribution in [-0.2, 0) is 4.79 Å². The van der Waals surface area contributed by atoms with E-state index in [0.29, 0.717) is 6.54 Å². The number of anilines is 1. The van der Waals surface area contributed by atoms with Gasteiger partial charge in [-0.3, -0.25) is 4.79 Å². The van der Waals surface area contributed by atoms with E-state index < -0.39 is 5.97 Å². The first-order valence-electron chi connectivity index (χ1n) is 5.32. The molecule has 0 spiro atoms. The fraction of sp³-hybridized carbons (Fsp3) is 0.250. The molecule has 0 unspecified atom stereocenters. The number of hydrogen-bond acceptors (Lipinski definition) is 4. The van der Waals surface area contributed by atoms with Crippen LogP contribution in [0.3, 0.4) is 0 Å². The molecule has 0 aliphatic rings. The van der Waals surface area contributed by atoms with Crippen molar-refractivity contribution in [2.45, 2.75) is 6.42 Å². The molecule has 0 bridgehead atoms. The third-order valence-electron chi connectivity index (χ3n) is 2.60. The molecular formula is C12H13N3O2. The molecule has 1 N–H and O–H groups in total. The number of fused-ring (bicyclic) bond motifs is 1. The Labute approximate surface area is 98.7 Å². The molecule has 1 aromatic heterocycles. The lowest BCUT2D eigenvalue weighted by molar-refractivity contribution is -0.136. The van der Waals surface area contributed by atoms with Crippen molar-refractivity contribution >= 4 is 22.6 Å². The maximum Gasteiger partial charge on any atom is 0.305 e. The van der Waals surface area contributed by atoms with Crippen molar-refractivity contribution in [3.05, 3.63) is 30.5 Å². The number of carboxylic acid groups (broad SMARTS) is 1. The molecule has 88 valence electrons. The largest absolute Gasteiger partial charge is 0.481 e. The van der Waals surface area contributed by atoms with Crippen LogP contribution in [0, 0.1) is 0 Å². The van der Waals surface area contributed by atoms with Crippen molar-refractivity contribution < 1.29 is 9.90 Å². The summed E-state index contributed by atoms with van der Waals surface area (Å²) in [5.74, 6) is -0.803. The van der Waals surface area contributed by atoms with Crippen molar-refractivity contribution in [2.75, 3.05) is 18.5 Å². The second kappa shape index (κ2) is 4.78. The molecule has 1 aromatic carbocycles. The molecule has 2 rings (SSSR count). The summed E-state index contributed by atoms with van der Waals surface area (Å²) in [4.78, 5) is 12.4. The molecule has 1 heterocycles. The number of nitrogens with zero attached hydrogens (tertiary/aromatic N) is 3. The topological polar surface area (TPSA) is 66.3 Å². The highest BCUT2D eigenvalue weighted by Gasteiger charge is 2.08. The minimum Gasteiger partial charge on any atom is -0.481 e. The van der Waals surface area contributed by atoms with Gasteiger partial charge in [0.25, 0.3) is 0 Å². The van der Waals surface area contributed by atoms with Crippen LogP contribution in [0.4, 0.5) is 5.69 Å². The van der Waals surface area contributed by atoms with E-state index in [1.54, 1.807) is 6.20 Å². The number of carbonyl (C=O) groups is 1. The van der Waals surface area contributed by atoms with Gasteiger partial charge in [-0.1, -0.05) is 18.2 Å². The summed E-state index contributed by atoms with van der Waals surface area (Å²) in [6.45, 7) is 0.449. The van der Waals surface area contributed by atoms with E-state index in [0.717, 1.165) is 16.6 Å². The van der Waals surface area contributed by atoms with Gasteiger partial charge in [-0.05, 0) is 6.07 Å². The summed E-state index contributed by atoms with van der Waals surface area (Å²) >= 11 is 0. The van der Waals surface area contributed by atoms with Crippen molar-refractivity contribution in [2.24, 2.45) is 0 Å². The van der Waals surface area contributed by atoms with Gasteiger partial charge in [0.2, 0.25) is 0 Å². The molecule has 2 aromatic rings. The van der Waals surface area contributed by atoms with E-state index in [9.17, 15) is 4.79 Å². The summed E-state index contributed by atoms with van der Waals surface area (Å²) in [7, 11) is 1.85. The van der Waals surface area contributed by atoms with E-state index in [2.05, 4.69) is 10.2 Å².